The molecule has 238 valence electrons. The fourth-order valence-electron chi connectivity index (χ4n) is 5.02. The van der Waals surface area contributed by atoms with E-state index in [9.17, 15) is 24.3 Å². The van der Waals surface area contributed by atoms with E-state index in [0.717, 1.165) is 16.3 Å². The van der Waals surface area contributed by atoms with Gasteiger partial charge in [-0.15, -0.1) is 0 Å². The number of aliphatic hydroxyl groups is 1. The molecular weight excluding hydrogens is 562 g/mol. The number of amides is 3. The highest BCUT2D eigenvalue weighted by molar-refractivity contribution is 5.93. The lowest BCUT2D eigenvalue weighted by molar-refractivity contribution is -0.151. The summed E-state index contributed by atoms with van der Waals surface area (Å²) in [5.74, 6) is -1.93. The Morgan fingerprint density at radius 2 is 1.61 bits per heavy atom. The molecule has 3 unspecified atom stereocenters. The van der Waals surface area contributed by atoms with E-state index in [4.69, 9.17) is 4.74 Å². The van der Waals surface area contributed by atoms with Gasteiger partial charge >= 0.3 is 5.97 Å². The van der Waals surface area contributed by atoms with Gasteiger partial charge in [0.15, 0.2) is 0 Å². The van der Waals surface area contributed by atoms with Crippen molar-refractivity contribution >= 4 is 34.5 Å². The second kappa shape index (κ2) is 16.6. The van der Waals surface area contributed by atoms with Crippen LogP contribution in [0.4, 0.5) is 0 Å². The number of H-pyrrole nitrogens is 1. The molecule has 3 rings (SSSR count). The molecule has 0 saturated heterocycles. The van der Waals surface area contributed by atoms with Crippen molar-refractivity contribution in [3.63, 3.8) is 0 Å². The number of hydrogen-bond donors (Lipinski definition) is 5. The Morgan fingerprint density at radius 1 is 0.932 bits per heavy atom. The first-order valence-electron chi connectivity index (χ1n) is 15.2. The lowest BCUT2D eigenvalue weighted by Crippen LogP contribution is -2.57. The minimum atomic E-state index is -1.19. The summed E-state index contributed by atoms with van der Waals surface area (Å²) in [6.07, 6.45) is 2.59. The zero-order valence-electron chi connectivity index (χ0n) is 26.1. The van der Waals surface area contributed by atoms with E-state index >= 15 is 0 Å². The van der Waals surface area contributed by atoms with Crippen molar-refractivity contribution in [1.29, 1.82) is 0 Å². The molecule has 1 aromatic heterocycles. The third-order valence-corrected chi connectivity index (χ3v) is 7.41. The summed E-state index contributed by atoms with van der Waals surface area (Å²) in [5, 5.41) is 21.3. The Balaban J connectivity index is 1.82. The maximum absolute atomic E-state index is 13.7. The number of nitrogens with one attached hydrogen (secondary N) is 4. The zero-order chi connectivity index (χ0) is 32.2. The molecule has 0 saturated carbocycles. The van der Waals surface area contributed by atoms with Crippen molar-refractivity contribution in [1.82, 2.24) is 25.9 Å². The lowest BCUT2D eigenvalue weighted by atomic mass is 9.96. The van der Waals surface area contributed by atoms with Crippen molar-refractivity contribution in [3.8, 4) is 0 Å². The van der Waals surface area contributed by atoms with Gasteiger partial charge in [0.25, 0.3) is 0 Å². The average Bonchev–Trinajstić information content (AvgIpc) is 3.48. The highest BCUT2D eigenvalue weighted by Crippen LogP contribution is 2.20. The summed E-state index contributed by atoms with van der Waals surface area (Å²) < 4.78 is 5.32. The molecule has 0 radical (unpaired) electrons. The maximum Gasteiger partial charge on any atom is 0.308 e. The van der Waals surface area contributed by atoms with Crippen LogP contribution in [0.25, 0.3) is 10.8 Å². The molecule has 0 aliphatic carbocycles. The zero-order valence-corrected chi connectivity index (χ0v) is 26.1. The third kappa shape index (κ3) is 10.5. The normalized spacial score (nSPS) is 14.7. The third-order valence-electron chi connectivity index (χ3n) is 7.41. The number of carbonyl (C=O) groups excluding carboxylic acids is 4. The maximum atomic E-state index is 13.7. The molecule has 0 spiro atoms. The minimum absolute atomic E-state index is 0.0825. The van der Waals surface area contributed by atoms with Gasteiger partial charge < -0.3 is 30.8 Å². The highest BCUT2D eigenvalue weighted by Gasteiger charge is 2.31. The molecule has 11 nitrogen and oxygen atoms in total. The number of imidazole rings is 1. The fourth-order valence-corrected chi connectivity index (χ4v) is 5.02. The van der Waals surface area contributed by atoms with Crippen LogP contribution in [0.15, 0.2) is 55.0 Å². The molecule has 5 N–H and O–H groups in total. The first kappa shape index (κ1) is 34.2. The van der Waals surface area contributed by atoms with E-state index in [1.54, 1.807) is 13.1 Å². The number of fused-ring (bicyclic) bond motifs is 1. The number of rotatable bonds is 16. The SMILES string of the molecule is CCC(C)OC(=O)CC(O)C(CC(C)C)NC(=O)[C@@H](Cc1cnc[nH]1)NC(=O)[C@H](Cc1cccc2ccccc12)NC(C)=O. The number of nitrogens with zero attached hydrogens (tertiary/aromatic N) is 1. The van der Waals surface area contributed by atoms with Crippen LogP contribution in [-0.4, -0.2) is 69.1 Å². The second-order valence-corrected chi connectivity index (χ2v) is 11.7. The predicted molar refractivity (Wildman–Crippen MR) is 167 cm³/mol. The van der Waals surface area contributed by atoms with Gasteiger partial charge in [-0.2, -0.15) is 0 Å². The summed E-state index contributed by atoms with van der Waals surface area (Å²) >= 11 is 0. The smallest absolute Gasteiger partial charge is 0.308 e. The van der Waals surface area contributed by atoms with Gasteiger partial charge in [-0.3, -0.25) is 19.2 Å². The predicted octanol–water partition coefficient (Wildman–Crippen LogP) is 2.96. The van der Waals surface area contributed by atoms with Crippen molar-refractivity contribution in [2.24, 2.45) is 5.92 Å². The van der Waals surface area contributed by atoms with E-state index in [-0.39, 0.29) is 37.2 Å². The molecule has 2 aromatic carbocycles. The topological polar surface area (TPSA) is 163 Å². The van der Waals surface area contributed by atoms with Crippen LogP contribution in [0.5, 0.6) is 0 Å². The average molecular weight is 608 g/mol. The van der Waals surface area contributed by atoms with Gasteiger partial charge in [0.05, 0.1) is 31.0 Å². The first-order chi connectivity index (χ1) is 21.0. The number of ether oxygens (including phenoxy) is 1. The Morgan fingerprint density at radius 3 is 2.27 bits per heavy atom. The Labute approximate surface area is 258 Å². The molecule has 11 heteroatoms. The standard InChI is InChI=1S/C33H45N5O6/c1-6-21(4)44-31(41)17-30(40)27(14-20(2)3)37-33(43)29(16-25-18-34-19-35-25)38-32(42)28(36-22(5)39)15-24-12-9-11-23-10-7-8-13-26(23)24/h7-13,18-21,27-30,40H,6,14-17H2,1-5H3,(H,34,35)(H,36,39)(H,37,43)(H,38,42)/t21?,27?,28-,29+,30?/m0/s1. The molecule has 3 amide bonds. The molecule has 1 heterocycles. The number of carbonyl (C=O) groups is 4. The summed E-state index contributed by atoms with van der Waals surface area (Å²) in [6, 6.07) is 10.8. The largest absolute Gasteiger partial charge is 0.463 e. The summed E-state index contributed by atoms with van der Waals surface area (Å²) in [6.45, 7) is 8.89. The van der Waals surface area contributed by atoms with Gasteiger partial charge in [0.2, 0.25) is 17.7 Å². The van der Waals surface area contributed by atoms with Crippen LogP contribution in [0.1, 0.15) is 65.1 Å². The van der Waals surface area contributed by atoms with Gasteiger partial charge in [-0.1, -0.05) is 63.2 Å². The van der Waals surface area contributed by atoms with Gasteiger partial charge in [-0.25, -0.2) is 4.98 Å². The minimum Gasteiger partial charge on any atom is -0.463 e. The number of hydrogen-bond acceptors (Lipinski definition) is 7. The molecule has 0 aliphatic rings. The molecule has 0 fully saturated rings. The van der Waals surface area contributed by atoms with Crippen LogP contribution in [0, 0.1) is 5.92 Å². The first-order valence-corrected chi connectivity index (χ1v) is 15.2. The molecule has 0 bridgehead atoms. The van der Waals surface area contributed by atoms with Crippen LogP contribution >= 0.6 is 0 Å². The number of aromatic amines is 1. The van der Waals surface area contributed by atoms with E-state index in [0.29, 0.717) is 18.5 Å². The van der Waals surface area contributed by atoms with Crippen LogP contribution in [-0.2, 0) is 36.8 Å². The number of benzene rings is 2. The molecule has 5 atom stereocenters. The van der Waals surface area contributed by atoms with Crippen LogP contribution < -0.4 is 16.0 Å². The highest BCUT2D eigenvalue weighted by atomic mass is 16.5. The molecule has 3 aromatic rings. The van der Waals surface area contributed by atoms with Crippen molar-refractivity contribution in [3.05, 3.63) is 66.2 Å². The van der Waals surface area contributed by atoms with Gasteiger partial charge in [0.1, 0.15) is 12.1 Å². The Bertz CT molecular complexity index is 1390. The lowest BCUT2D eigenvalue weighted by Gasteiger charge is -2.29. The molecule has 44 heavy (non-hydrogen) atoms. The molecule has 0 aliphatic heterocycles. The van der Waals surface area contributed by atoms with Crippen LogP contribution in [0.3, 0.4) is 0 Å². The van der Waals surface area contributed by atoms with Crippen molar-refractivity contribution in [2.45, 2.75) is 97.1 Å². The van der Waals surface area contributed by atoms with Crippen molar-refractivity contribution in [2.75, 3.05) is 0 Å². The summed E-state index contributed by atoms with van der Waals surface area (Å²) in [4.78, 5) is 58.9. The summed E-state index contributed by atoms with van der Waals surface area (Å²) in [5.41, 5.74) is 1.48. The van der Waals surface area contributed by atoms with E-state index in [2.05, 4.69) is 25.9 Å². The van der Waals surface area contributed by atoms with E-state index in [1.807, 2.05) is 63.2 Å². The van der Waals surface area contributed by atoms with Crippen molar-refractivity contribution < 1.29 is 29.0 Å². The summed E-state index contributed by atoms with van der Waals surface area (Å²) in [7, 11) is 0. The monoisotopic (exact) mass is 607 g/mol. The van der Waals surface area contributed by atoms with E-state index in [1.165, 1.54) is 13.3 Å². The Hall–Kier alpha value is -4.25. The van der Waals surface area contributed by atoms with Gasteiger partial charge in [0, 0.05) is 31.7 Å². The number of aromatic nitrogens is 2. The number of esters is 1. The number of aliphatic hydroxyl groups excluding tert-OH is 1. The molecular formula is C33H45N5O6. The van der Waals surface area contributed by atoms with Crippen LogP contribution in [0.2, 0.25) is 0 Å². The Kier molecular flexibility index (Phi) is 12.9. The quantitative estimate of drug-likeness (QED) is 0.156. The second-order valence-electron chi connectivity index (χ2n) is 11.7. The van der Waals surface area contributed by atoms with E-state index < -0.39 is 42.0 Å². The van der Waals surface area contributed by atoms with Gasteiger partial charge in [-0.05, 0) is 42.0 Å². The fraction of sp³-hybridized carbons (Fsp3) is 0.485.